The number of piperidine rings is 1. The van der Waals surface area contributed by atoms with Gasteiger partial charge in [-0.1, -0.05) is 30.3 Å². The fourth-order valence-corrected chi connectivity index (χ4v) is 6.11. The van der Waals surface area contributed by atoms with Gasteiger partial charge < -0.3 is 4.74 Å². The summed E-state index contributed by atoms with van der Waals surface area (Å²) in [6.07, 6.45) is 3.80. The molecule has 140 valence electrons. The Morgan fingerprint density at radius 1 is 1.19 bits per heavy atom. The summed E-state index contributed by atoms with van der Waals surface area (Å²) in [5.41, 5.74) is 1.32. The average molecular weight is 394 g/mol. The molecule has 0 radical (unpaired) electrons. The van der Waals surface area contributed by atoms with E-state index in [1.807, 2.05) is 18.2 Å². The van der Waals surface area contributed by atoms with E-state index < -0.39 is 16.0 Å². The molecule has 2 aromatic rings. The minimum Gasteiger partial charge on any atom is -0.465 e. The zero-order valence-corrected chi connectivity index (χ0v) is 16.4. The van der Waals surface area contributed by atoms with E-state index in [0.29, 0.717) is 19.0 Å². The van der Waals surface area contributed by atoms with Crippen LogP contribution >= 0.6 is 11.3 Å². The van der Waals surface area contributed by atoms with Crippen LogP contribution < -0.4 is 0 Å². The molecule has 0 atom stereocenters. The molecule has 1 aromatic carbocycles. The van der Waals surface area contributed by atoms with Crippen LogP contribution in [-0.4, -0.2) is 38.9 Å². The predicted octanol–water partition coefficient (Wildman–Crippen LogP) is 3.57. The van der Waals surface area contributed by atoms with Gasteiger partial charge in [0.2, 0.25) is 10.0 Å². The summed E-state index contributed by atoms with van der Waals surface area (Å²) in [4.78, 5) is 12.0. The molecule has 1 aliphatic heterocycles. The SMILES string of the molecule is COC(=O)c1sccc1S(=O)(=O)N1CCC(CCc2ccccc2)CC1. The Morgan fingerprint density at radius 3 is 2.54 bits per heavy atom. The van der Waals surface area contributed by atoms with Crippen LogP contribution in [0.15, 0.2) is 46.7 Å². The third-order valence-electron chi connectivity index (χ3n) is 4.88. The molecule has 26 heavy (non-hydrogen) atoms. The summed E-state index contributed by atoms with van der Waals surface area (Å²) < 4.78 is 32.0. The van der Waals surface area contributed by atoms with Gasteiger partial charge in [0.25, 0.3) is 0 Å². The standard InChI is InChI=1S/C19H23NO4S2/c1-24-19(21)18-17(11-14-25-18)26(22,23)20-12-9-16(10-13-20)8-7-15-5-3-2-4-6-15/h2-6,11,14,16H,7-10,12-13H2,1H3. The lowest BCUT2D eigenvalue weighted by Crippen LogP contribution is -2.38. The lowest BCUT2D eigenvalue weighted by atomic mass is 9.91. The van der Waals surface area contributed by atoms with Gasteiger partial charge in [-0.3, -0.25) is 0 Å². The monoisotopic (exact) mass is 393 g/mol. The number of carbonyl (C=O) groups is 1. The van der Waals surface area contributed by atoms with Gasteiger partial charge in [0.1, 0.15) is 9.77 Å². The maximum absolute atomic E-state index is 12.9. The second-order valence-electron chi connectivity index (χ2n) is 6.48. The van der Waals surface area contributed by atoms with E-state index in [-0.39, 0.29) is 9.77 Å². The molecule has 0 aliphatic carbocycles. The van der Waals surface area contributed by atoms with Crippen molar-refractivity contribution in [2.24, 2.45) is 5.92 Å². The van der Waals surface area contributed by atoms with Crippen molar-refractivity contribution in [1.82, 2.24) is 4.31 Å². The van der Waals surface area contributed by atoms with Gasteiger partial charge in [-0.2, -0.15) is 4.31 Å². The van der Waals surface area contributed by atoms with Crippen LogP contribution in [0.4, 0.5) is 0 Å². The Bertz CT molecular complexity index is 837. The zero-order chi connectivity index (χ0) is 18.6. The van der Waals surface area contributed by atoms with E-state index in [2.05, 4.69) is 12.1 Å². The number of benzene rings is 1. The first-order chi connectivity index (χ1) is 12.5. The Labute approximate surface area is 158 Å². The Morgan fingerprint density at radius 2 is 1.88 bits per heavy atom. The number of rotatable bonds is 6. The van der Waals surface area contributed by atoms with Gasteiger partial charge >= 0.3 is 5.97 Å². The number of hydrogen-bond donors (Lipinski definition) is 0. The number of esters is 1. The second-order valence-corrected chi connectivity index (χ2v) is 9.30. The van der Waals surface area contributed by atoms with Gasteiger partial charge in [-0.05, 0) is 48.6 Å². The minimum atomic E-state index is -3.65. The second kappa shape index (κ2) is 8.33. The molecule has 2 heterocycles. The summed E-state index contributed by atoms with van der Waals surface area (Å²) in [6.45, 7) is 0.997. The Hall–Kier alpha value is -1.70. The molecule has 0 unspecified atom stereocenters. The van der Waals surface area contributed by atoms with Crippen LogP contribution in [-0.2, 0) is 21.2 Å². The van der Waals surface area contributed by atoms with Crippen LogP contribution in [0.2, 0.25) is 0 Å². The Balaban J connectivity index is 1.60. The quantitative estimate of drug-likeness (QED) is 0.704. The highest BCUT2D eigenvalue weighted by molar-refractivity contribution is 7.89. The number of hydrogen-bond acceptors (Lipinski definition) is 5. The van der Waals surface area contributed by atoms with Gasteiger partial charge in [0.15, 0.2) is 0 Å². The number of nitrogens with zero attached hydrogens (tertiary/aromatic N) is 1. The number of sulfonamides is 1. The molecular formula is C19H23NO4S2. The lowest BCUT2D eigenvalue weighted by molar-refractivity contribution is 0.0602. The minimum absolute atomic E-state index is 0.0667. The number of ether oxygens (including phenoxy) is 1. The van der Waals surface area contributed by atoms with E-state index in [1.54, 1.807) is 5.38 Å². The highest BCUT2D eigenvalue weighted by Crippen LogP contribution is 2.30. The molecule has 0 amide bonds. The smallest absolute Gasteiger partial charge is 0.349 e. The van der Waals surface area contributed by atoms with Crippen molar-refractivity contribution in [3.8, 4) is 0 Å². The van der Waals surface area contributed by atoms with E-state index in [1.165, 1.54) is 23.0 Å². The molecule has 0 spiro atoms. The van der Waals surface area contributed by atoms with Crippen molar-refractivity contribution < 1.29 is 17.9 Å². The van der Waals surface area contributed by atoms with E-state index in [4.69, 9.17) is 4.74 Å². The molecule has 1 fully saturated rings. The first-order valence-electron chi connectivity index (χ1n) is 8.72. The maximum atomic E-state index is 12.9. The fraction of sp³-hybridized carbons (Fsp3) is 0.421. The third kappa shape index (κ3) is 4.16. The van der Waals surface area contributed by atoms with E-state index in [0.717, 1.165) is 37.0 Å². The molecule has 5 nitrogen and oxygen atoms in total. The summed E-state index contributed by atoms with van der Waals surface area (Å²) in [6, 6.07) is 11.9. The molecule has 3 rings (SSSR count). The van der Waals surface area contributed by atoms with Crippen molar-refractivity contribution in [2.45, 2.75) is 30.6 Å². The molecule has 1 saturated heterocycles. The predicted molar refractivity (Wildman–Crippen MR) is 102 cm³/mol. The van der Waals surface area contributed by atoms with Gasteiger partial charge in [0.05, 0.1) is 7.11 Å². The average Bonchev–Trinajstić information content (AvgIpc) is 3.18. The number of aryl methyl sites for hydroxylation is 1. The van der Waals surface area contributed by atoms with Crippen LogP contribution in [0.25, 0.3) is 0 Å². The highest BCUT2D eigenvalue weighted by atomic mass is 32.2. The number of thiophene rings is 1. The number of methoxy groups -OCH3 is 1. The number of carbonyl (C=O) groups excluding carboxylic acids is 1. The topological polar surface area (TPSA) is 63.7 Å². The summed E-state index contributed by atoms with van der Waals surface area (Å²) in [7, 11) is -2.39. The first kappa shape index (κ1) is 19.1. The molecule has 1 aliphatic rings. The van der Waals surface area contributed by atoms with Crippen molar-refractivity contribution in [1.29, 1.82) is 0 Å². The van der Waals surface area contributed by atoms with Gasteiger partial charge in [0, 0.05) is 13.1 Å². The zero-order valence-electron chi connectivity index (χ0n) is 14.8. The van der Waals surface area contributed by atoms with Crippen LogP contribution in [0.3, 0.4) is 0 Å². The Kier molecular flexibility index (Phi) is 6.11. The van der Waals surface area contributed by atoms with Crippen molar-refractivity contribution in [3.05, 3.63) is 52.2 Å². The van der Waals surface area contributed by atoms with Gasteiger partial charge in [-0.15, -0.1) is 11.3 Å². The molecule has 0 bridgehead atoms. The molecule has 0 saturated carbocycles. The molecule has 0 N–H and O–H groups in total. The van der Waals surface area contributed by atoms with E-state index in [9.17, 15) is 13.2 Å². The lowest BCUT2D eigenvalue weighted by Gasteiger charge is -2.31. The van der Waals surface area contributed by atoms with Crippen molar-refractivity contribution in [3.63, 3.8) is 0 Å². The maximum Gasteiger partial charge on any atom is 0.349 e. The van der Waals surface area contributed by atoms with Crippen molar-refractivity contribution in [2.75, 3.05) is 20.2 Å². The highest BCUT2D eigenvalue weighted by Gasteiger charge is 2.33. The largest absolute Gasteiger partial charge is 0.465 e. The van der Waals surface area contributed by atoms with Gasteiger partial charge in [-0.25, -0.2) is 13.2 Å². The summed E-state index contributed by atoms with van der Waals surface area (Å²) in [5, 5.41) is 1.62. The summed E-state index contributed by atoms with van der Waals surface area (Å²) >= 11 is 1.10. The molecular weight excluding hydrogens is 370 g/mol. The van der Waals surface area contributed by atoms with Crippen LogP contribution in [0.1, 0.15) is 34.5 Å². The van der Waals surface area contributed by atoms with Crippen LogP contribution in [0.5, 0.6) is 0 Å². The fourth-order valence-electron chi connectivity index (χ4n) is 3.34. The molecule has 7 heteroatoms. The normalized spacial score (nSPS) is 16.5. The first-order valence-corrected chi connectivity index (χ1v) is 11.0. The molecule has 1 aromatic heterocycles. The van der Waals surface area contributed by atoms with Crippen molar-refractivity contribution >= 4 is 27.3 Å². The van der Waals surface area contributed by atoms with E-state index >= 15 is 0 Å². The van der Waals surface area contributed by atoms with Crippen LogP contribution in [0, 0.1) is 5.92 Å². The summed E-state index contributed by atoms with van der Waals surface area (Å²) in [5.74, 6) is -0.0690. The third-order valence-corrected chi connectivity index (χ3v) is 7.84.